The zero-order valence-electron chi connectivity index (χ0n) is 18.1. The number of rotatable bonds is 5. The van der Waals surface area contributed by atoms with Crippen LogP contribution in [0.25, 0.3) is 28.0 Å². The van der Waals surface area contributed by atoms with Crippen LogP contribution in [0.2, 0.25) is 0 Å². The van der Waals surface area contributed by atoms with Gasteiger partial charge in [0.2, 0.25) is 6.10 Å². The average Bonchev–Trinajstić information content (AvgIpc) is 3.41. The summed E-state index contributed by atoms with van der Waals surface area (Å²) in [6.45, 7) is 2.06. The number of hydrogen-bond acceptors (Lipinski definition) is 7. The Balaban J connectivity index is 1.69. The van der Waals surface area contributed by atoms with Crippen LogP contribution in [-0.2, 0) is 14.3 Å². The number of aromatic nitrogens is 3. The third kappa shape index (κ3) is 3.80. The maximum absolute atomic E-state index is 13.2. The molecule has 33 heavy (non-hydrogen) atoms. The summed E-state index contributed by atoms with van der Waals surface area (Å²) in [5, 5.41) is 5.22. The normalized spacial score (nSPS) is 15.5. The summed E-state index contributed by atoms with van der Waals surface area (Å²) in [5.74, 6) is -0.429. The van der Waals surface area contributed by atoms with Crippen LogP contribution in [0.3, 0.4) is 0 Å². The number of benzene rings is 2. The molecular weight excluding hydrogens is 422 g/mol. The molecule has 4 aromatic rings. The van der Waals surface area contributed by atoms with Crippen molar-refractivity contribution in [2.45, 2.75) is 19.4 Å². The minimum Gasteiger partial charge on any atom is -0.497 e. The highest BCUT2D eigenvalue weighted by Gasteiger charge is 2.32. The minimum atomic E-state index is -0.908. The highest BCUT2D eigenvalue weighted by molar-refractivity contribution is 6.06. The van der Waals surface area contributed by atoms with E-state index in [9.17, 15) is 9.59 Å². The molecule has 0 N–H and O–H groups in total. The molecule has 1 saturated heterocycles. The van der Waals surface area contributed by atoms with Gasteiger partial charge in [0, 0.05) is 12.0 Å². The number of fused-ring (bicyclic) bond motifs is 1. The summed E-state index contributed by atoms with van der Waals surface area (Å²) < 4.78 is 17.4. The van der Waals surface area contributed by atoms with Crippen LogP contribution in [0, 0.1) is 6.92 Å². The summed E-state index contributed by atoms with van der Waals surface area (Å²) in [5.41, 5.74) is 3.63. The van der Waals surface area contributed by atoms with Gasteiger partial charge >= 0.3 is 11.9 Å². The summed E-state index contributed by atoms with van der Waals surface area (Å²) in [6.07, 6.45) is -0.568. The van der Waals surface area contributed by atoms with Gasteiger partial charge in [-0.25, -0.2) is 19.3 Å². The Labute approximate surface area is 189 Å². The van der Waals surface area contributed by atoms with Crippen molar-refractivity contribution >= 4 is 23.0 Å². The molecular formula is C25H21N3O5. The molecule has 2 aromatic heterocycles. The van der Waals surface area contributed by atoms with Gasteiger partial charge in [-0.1, -0.05) is 18.2 Å². The van der Waals surface area contributed by atoms with Gasteiger partial charge < -0.3 is 14.2 Å². The van der Waals surface area contributed by atoms with Crippen molar-refractivity contribution in [2.24, 2.45) is 0 Å². The van der Waals surface area contributed by atoms with E-state index in [1.165, 1.54) is 0 Å². The number of nitrogens with zero attached hydrogens (tertiary/aromatic N) is 3. The van der Waals surface area contributed by atoms with Gasteiger partial charge in [-0.05, 0) is 49.4 Å². The monoisotopic (exact) mass is 443 g/mol. The topological polar surface area (TPSA) is 92.5 Å². The lowest BCUT2D eigenvalue weighted by molar-refractivity contribution is -0.145. The van der Waals surface area contributed by atoms with Gasteiger partial charge in [0.15, 0.2) is 5.65 Å². The number of para-hydroxylation sites is 1. The van der Waals surface area contributed by atoms with E-state index in [4.69, 9.17) is 19.2 Å². The third-order valence-corrected chi connectivity index (χ3v) is 5.56. The van der Waals surface area contributed by atoms with E-state index in [0.29, 0.717) is 40.2 Å². The van der Waals surface area contributed by atoms with Gasteiger partial charge in [0.25, 0.3) is 0 Å². The highest BCUT2D eigenvalue weighted by Crippen LogP contribution is 2.30. The van der Waals surface area contributed by atoms with Crippen LogP contribution in [0.1, 0.15) is 22.5 Å². The fourth-order valence-electron chi connectivity index (χ4n) is 3.89. The largest absolute Gasteiger partial charge is 0.497 e. The Hall–Kier alpha value is -4.20. The second-order valence-corrected chi connectivity index (χ2v) is 7.67. The van der Waals surface area contributed by atoms with Gasteiger partial charge in [-0.3, -0.25) is 0 Å². The number of ether oxygens (including phenoxy) is 3. The number of carbonyl (C=O) groups excluding carboxylic acids is 2. The first-order chi connectivity index (χ1) is 16.0. The molecule has 2 aromatic carbocycles. The fraction of sp³-hybridized carbons (Fsp3) is 0.200. The summed E-state index contributed by atoms with van der Waals surface area (Å²) >= 11 is 0. The molecule has 166 valence electrons. The molecule has 0 bridgehead atoms. The van der Waals surface area contributed by atoms with Crippen molar-refractivity contribution in [3.8, 4) is 22.7 Å². The summed E-state index contributed by atoms with van der Waals surface area (Å²) in [4.78, 5) is 29.9. The van der Waals surface area contributed by atoms with Gasteiger partial charge in [0.1, 0.15) is 5.75 Å². The molecule has 1 fully saturated rings. The molecule has 0 amide bonds. The molecule has 8 heteroatoms. The quantitative estimate of drug-likeness (QED) is 0.432. The predicted molar refractivity (Wildman–Crippen MR) is 120 cm³/mol. The fourth-order valence-corrected chi connectivity index (χ4v) is 3.89. The highest BCUT2D eigenvalue weighted by atomic mass is 16.6. The van der Waals surface area contributed by atoms with Crippen LogP contribution < -0.4 is 4.74 Å². The van der Waals surface area contributed by atoms with E-state index in [1.54, 1.807) is 17.9 Å². The van der Waals surface area contributed by atoms with Crippen LogP contribution >= 0.6 is 0 Å². The van der Waals surface area contributed by atoms with Gasteiger partial charge in [0.05, 0.1) is 41.7 Å². The molecule has 5 rings (SSSR count). The van der Waals surface area contributed by atoms with Crippen LogP contribution in [0.5, 0.6) is 5.75 Å². The minimum absolute atomic E-state index is 0.241. The number of carbonyl (C=O) groups is 2. The van der Waals surface area contributed by atoms with Crippen molar-refractivity contribution in [1.29, 1.82) is 0 Å². The molecule has 1 unspecified atom stereocenters. The Morgan fingerprint density at radius 3 is 2.55 bits per heavy atom. The maximum atomic E-state index is 13.2. The van der Waals surface area contributed by atoms with Crippen molar-refractivity contribution in [3.05, 3.63) is 71.9 Å². The standard InChI is InChI=1S/C25H21N3O5/c1-15-22-19(24(29)33-21-12-13-32-25(21)30)14-20(16-8-10-18(31-2)11-9-16)26-23(22)28(27-15)17-6-4-3-5-7-17/h3-11,14,21H,12-13H2,1-2H3. The molecule has 0 radical (unpaired) electrons. The first-order valence-electron chi connectivity index (χ1n) is 10.5. The number of pyridine rings is 1. The van der Waals surface area contributed by atoms with Crippen molar-refractivity contribution in [2.75, 3.05) is 13.7 Å². The molecule has 1 aliphatic rings. The Morgan fingerprint density at radius 2 is 1.88 bits per heavy atom. The number of methoxy groups -OCH3 is 1. The summed E-state index contributed by atoms with van der Waals surface area (Å²) in [6, 6.07) is 18.6. The average molecular weight is 443 g/mol. The lowest BCUT2D eigenvalue weighted by atomic mass is 10.1. The van der Waals surface area contributed by atoms with Crippen LogP contribution in [0.15, 0.2) is 60.7 Å². The van der Waals surface area contributed by atoms with Crippen molar-refractivity contribution in [3.63, 3.8) is 0 Å². The van der Waals surface area contributed by atoms with Crippen molar-refractivity contribution < 1.29 is 23.8 Å². The molecule has 8 nitrogen and oxygen atoms in total. The Morgan fingerprint density at radius 1 is 1.12 bits per heavy atom. The van der Waals surface area contributed by atoms with Crippen LogP contribution in [0.4, 0.5) is 0 Å². The number of aryl methyl sites for hydroxylation is 1. The van der Waals surface area contributed by atoms with Gasteiger partial charge in [-0.15, -0.1) is 0 Å². The first kappa shape index (κ1) is 20.7. The van der Waals surface area contributed by atoms with E-state index in [1.807, 2.05) is 61.5 Å². The number of hydrogen-bond donors (Lipinski definition) is 0. The molecule has 1 aliphatic heterocycles. The Bertz CT molecular complexity index is 1350. The predicted octanol–water partition coefficient (Wildman–Crippen LogP) is 3.88. The smallest absolute Gasteiger partial charge is 0.347 e. The van der Waals surface area contributed by atoms with E-state index >= 15 is 0 Å². The first-order valence-corrected chi connectivity index (χ1v) is 10.5. The zero-order valence-corrected chi connectivity index (χ0v) is 18.1. The number of cyclic esters (lactones) is 1. The molecule has 1 atom stereocenters. The lowest BCUT2D eigenvalue weighted by Crippen LogP contribution is -2.23. The summed E-state index contributed by atoms with van der Waals surface area (Å²) in [7, 11) is 1.60. The molecule has 0 saturated carbocycles. The van der Waals surface area contributed by atoms with Crippen LogP contribution in [-0.4, -0.2) is 46.5 Å². The van der Waals surface area contributed by atoms with Gasteiger partial charge in [-0.2, -0.15) is 5.10 Å². The second kappa shape index (κ2) is 8.38. The second-order valence-electron chi connectivity index (χ2n) is 7.67. The maximum Gasteiger partial charge on any atom is 0.347 e. The van der Waals surface area contributed by atoms with Crippen molar-refractivity contribution in [1.82, 2.24) is 14.8 Å². The molecule has 0 aliphatic carbocycles. The van der Waals surface area contributed by atoms with E-state index in [0.717, 1.165) is 11.3 Å². The zero-order chi connectivity index (χ0) is 22.9. The van der Waals surface area contributed by atoms with E-state index in [-0.39, 0.29) is 6.61 Å². The molecule has 3 heterocycles. The Kier molecular flexibility index (Phi) is 5.26. The SMILES string of the molecule is COc1ccc(-c2cc(C(=O)OC3CCOC3=O)c3c(C)nn(-c4ccccc4)c3n2)cc1. The van der Waals surface area contributed by atoms with E-state index < -0.39 is 18.0 Å². The third-order valence-electron chi connectivity index (χ3n) is 5.56. The lowest BCUT2D eigenvalue weighted by Gasteiger charge is -2.12. The number of esters is 2. The molecule has 0 spiro atoms. The van der Waals surface area contributed by atoms with E-state index in [2.05, 4.69) is 5.10 Å².